The molecule has 4 aromatic carbocycles. The molecule has 0 unspecified atom stereocenters. The molecule has 0 heteroatoms. The quantitative estimate of drug-likeness (QED) is 0.289. The van der Waals surface area contributed by atoms with E-state index in [0.29, 0.717) is 0 Å². The summed E-state index contributed by atoms with van der Waals surface area (Å²) in [5.74, 6) is 0. The van der Waals surface area contributed by atoms with Crippen LogP contribution in [0.3, 0.4) is 0 Å². The molecular formula is C32H28. The Morgan fingerprint density at radius 1 is 0.250 bits per heavy atom. The Balaban J connectivity index is 0.000000113. The highest BCUT2D eigenvalue weighted by Crippen LogP contribution is 2.43. The van der Waals surface area contributed by atoms with Crippen molar-refractivity contribution in [2.75, 3.05) is 0 Å². The third-order valence-corrected chi connectivity index (χ3v) is 8.10. The second-order valence-electron chi connectivity index (χ2n) is 9.81. The summed E-state index contributed by atoms with van der Waals surface area (Å²) in [5, 5.41) is 0. The molecule has 0 bridgehead atoms. The van der Waals surface area contributed by atoms with Crippen molar-refractivity contribution in [1.29, 1.82) is 0 Å². The van der Waals surface area contributed by atoms with Gasteiger partial charge in [0.25, 0.3) is 0 Å². The minimum Gasteiger partial charge on any atom is -0.0617 e. The maximum absolute atomic E-state index is 2.31. The van der Waals surface area contributed by atoms with Crippen molar-refractivity contribution < 1.29 is 0 Å². The third kappa shape index (κ3) is 2.75. The number of benzene rings is 4. The molecule has 0 spiro atoms. The smallest absolute Gasteiger partial charge is 0.0114 e. The summed E-state index contributed by atoms with van der Waals surface area (Å²) in [6, 6.07) is 27.4. The number of rotatable bonds is 0. The molecule has 4 aliphatic rings. The van der Waals surface area contributed by atoms with Crippen LogP contribution < -0.4 is 0 Å². The van der Waals surface area contributed by atoms with E-state index in [1.807, 2.05) is 0 Å². The molecule has 0 heterocycles. The fraction of sp³-hybridized carbons (Fsp3) is 0.250. The van der Waals surface area contributed by atoms with E-state index in [1.54, 1.807) is 66.8 Å². The summed E-state index contributed by atoms with van der Waals surface area (Å²) < 4.78 is 0. The summed E-state index contributed by atoms with van der Waals surface area (Å²) in [5.41, 5.74) is 18.8. The van der Waals surface area contributed by atoms with Crippen molar-refractivity contribution in [2.24, 2.45) is 0 Å². The highest BCUT2D eigenvalue weighted by Gasteiger charge is 2.25. The maximum Gasteiger partial charge on any atom is -0.0114 e. The van der Waals surface area contributed by atoms with Gasteiger partial charge in [-0.2, -0.15) is 0 Å². The molecule has 0 aromatic heterocycles. The van der Waals surface area contributed by atoms with Gasteiger partial charge in [0.1, 0.15) is 0 Å². The minimum atomic E-state index is 1.22. The zero-order valence-corrected chi connectivity index (χ0v) is 18.6. The first-order chi connectivity index (χ1) is 15.9. The van der Waals surface area contributed by atoms with Gasteiger partial charge >= 0.3 is 0 Å². The van der Waals surface area contributed by atoms with E-state index in [9.17, 15) is 0 Å². The van der Waals surface area contributed by atoms with Gasteiger partial charge in [-0.1, -0.05) is 72.8 Å². The molecule has 0 amide bonds. The third-order valence-electron chi connectivity index (χ3n) is 8.10. The summed E-state index contributed by atoms with van der Waals surface area (Å²) in [6.07, 6.45) is 9.77. The number of aryl methyl sites for hydroxylation is 8. The van der Waals surface area contributed by atoms with Crippen LogP contribution in [0.25, 0.3) is 22.3 Å². The standard InChI is InChI=1S/2C16H14/c2*1-3-11-7-9-13-5-2-6-14-10-8-12(4-1)15(11)16(13)14/h2*1-6H,7-10H2. The molecular weight excluding hydrogens is 384 g/mol. The van der Waals surface area contributed by atoms with Crippen molar-refractivity contribution in [3.05, 3.63) is 117 Å². The average molecular weight is 413 g/mol. The lowest BCUT2D eigenvalue weighted by molar-refractivity contribution is 0.876. The molecule has 156 valence electrons. The fourth-order valence-corrected chi connectivity index (χ4v) is 6.64. The SMILES string of the molecule is c1cc2c3c(c1)CCc1cccc(c1-3)CC2.c1cc2c3c(c1)CCc1cccc(c1-3)CC2. The largest absolute Gasteiger partial charge is 0.0617 e. The summed E-state index contributed by atoms with van der Waals surface area (Å²) >= 11 is 0. The topological polar surface area (TPSA) is 0 Å². The Hall–Kier alpha value is -3.12. The lowest BCUT2D eigenvalue weighted by Crippen LogP contribution is -2.13. The fourth-order valence-electron chi connectivity index (χ4n) is 6.64. The first-order valence-corrected chi connectivity index (χ1v) is 12.3. The van der Waals surface area contributed by atoms with Crippen molar-refractivity contribution >= 4 is 0 Å². The average Bonchev–Trinajstić information content (AvgIpc) is 2.87. The Labute approximate surface area is 191 Å². The van der Waals surface area contributed by atoms with Gasteiger partial charge in [0.2, 0.25) is 0 Å². The second-order valence-corrected chi connectivity index (χ2v) is 9.81. The normalized spacial score (nSPS) is 15.8. The molecule has 0 saturated heterocycles. The molecule has 8 rings (SSSR count). The van der Waals surface area contributed by atoms with Crippen LogP contribution in [0.2, 0.25) is 0 Å². The summed E-state index contributed by atoms with van der Waals surface area (Å²) in [7, 11) is 0. The number of hydrogen-bond acceptors (Lipinski definition) is 0. The van der Waals surface area contributed by atoms with Gasteiger partial charge in [-0.3, -0.25) is 0 Å². The van der Waals surface area contributed by atoms with Gasteiger partial charge in [-0.15, -0.1) is 0 Å². The van der Waals surface area contributed by atoms with Crippen LogP contribution in [0, 0.1) is 0 Å². The highest BCUT2D eigenvalue weighted by atomic mass is 14.3. The van der Waals surface area contributed by atoms with Crippen molar-refractivity contribution in [2.45, 2.75) is 51.4 Å². The highest BCUT2D eigenvalue weighted by molar-refractivity contribution is 5.81. The molecule has 0 atom stereocenters. The van der Waals surface area contributed by atoms with Crippen LogP contribution in [0.15, 0.2) is 72.8 Å². The molecule has 32 heavy (non-hydrogen) atoms. The van der Waals surface area contributed by atoms with Crippen LogP contribution in [0.4, 0.5) is 0 Å². The molecule has 0 aliphatic heterocycles. The first kappa shape index (κ1) is 18.5. The molecule has 4 aromatic rings. The van der Waals surface area contributed by atoms with Crippen LogP contribution in [0.1, 0.15) is 44.5 Å². The molecule has 0 nitrogen and oxygen atoms in total. The van der Waals surface area contributed by atoms with E-state index in [1.165, 1.54) is 51.4 Å². The predicted octanol–water partition coefficient (Wildman–Crippen LogP) is 7.10. The van der Waals surface area contributed by atoms with Crippen LogP contribution in [0.5, 0.6) is 0 Å². The first-order valence-electron chi connectivity index (χ1n) is 12.3. The molecule has 0 radical (unpaired) electrons. The van der Waals surface area contributed by atoms with E-state index in [4.69, 9.17) is 0 Å². The van der Waals surface area contributed by atoms with E-state index >= 15 is 0 Å². The summed E-state index contributed by atoms with van der Waals surface area (Å²) in [6.45, 7) is 0. The number of hydrogen-bond donors (Lipinski definition) is 0. The van der Waals surface area contributed by atoms with E-state index in [-0.39, 0.29) is 0 Å². The Morgan fingerprint density at radius 2 is 0.406 bits per heavy atom. The van der Waals surface area contributed by atoms with Gasteiger partial charge in [0.15, 0.2) is 0 Å². The van der Waals surface area contributed by atoms with Gasteiger partial charge in [-0.05, 0) is 118 Å². The van der Waals surface area contributed by atoms with Gasteiger partial charge in [0.05, 0.1) is 0 Å². The predicted molar refractivity (Wildman–Crippen MR) is 133 cm³/mol. The molecule has 0 saturated carbocycles. The Morgan fingerprint density at radius 3 is 0.562 bits per heavy atom. The Bertz CT molecular complexity index is 1070. The molecule has 0 N–H and O–H groups in total. The maximum atomic E-state index is 2.31. The molecule has 4 aliphatic carbocycles. The van der Waals surface area contributed by atoms with Crippen LogP contribution >= 0.6 is 0 Å². The van der Waals surface area contributed by atoms with E-state index in [0.717, 1.165) is 0 Å². The lowest BCUT2D eigenvalue weighted by atomic mass is 9.76. The molecule has 0 fully saturated rings. The van der Waals surface area contributed by atoms with Crippen molar-refractivity contribution in [1.82, 2.24) is 0 Å². The zero-order chi connectivity index (χ0) is 21.1. The van der Waals surface area contributed by atoms with Crippen LogP contribution in [-0.2, 0) is 51.4 Å². The van der Waals surface area contributed by atoms with E-state index in [2.05, 4.69) is 72.8 Å². The Kier molecular flexibility index (Phi) is 4.15. The van der Waals surface area contributed by atoms with Gasteiger partial charge in [-0.25, -0.2) is 0 Å². The van der Waals surface area contributed by atoms with E-state index < -0.39 is 0 Å². The zero-order valence-electron chi connectivity index (χ0n) is 18.6. The van der Waals surface area contributed by atoms with Crippen molar-refractivity contribution in [3.63, 3.8) is 0 Å². The van der Waals surface area contributed by atoms with Crippen molar-refractivity contribution in [3.8, 4) is 22.3 Å². The minimum absolute atomic E-state index is 1.22. The van der Waals surface area contributed by atoms with Gasteiger partial charge < -0.3 is 0 Å². The van der Waals surface area contributed by atoms with Crippen LogP contribution in [-0.4, -0.2) is 0 Å². The van der Waals surface area contributed by atoms with Gasteiger partial charge in [0, 0.05) is 0 Å². The lowest BCUT2D eigenvalue weighted by Gasteiger charge is -2.28. The summed E-state index contributed by atoms with van der Waals surface area (Å²) in [4.78, 5) is 0. The monoisotopic (exact) mass is 412 g/mol. The second kappa shape index (κ2) is 7.20.